The van der Waals surface area contributed by atoms with E-state index in [-0.39, 0.29) is 0 Å². The minimum absolute atomic E-state index is 0.784. The van der Waals surface area contributed by atoms with Gasteiger partial charge >= 0.3 is 0 Å². The summed E-state index contributed by atoms with van der Waals surface area (Å²) in [6.07, 6.45) is 1.81. The van der Waals surface area contributed by atoms with Crippen molar-refractivity contribution >= 4 is 11.0 Å². The Labute approximate surface area is 92.7 Å². The number of pyridine rings is 1. The molecule has 0 aliphatic rings. The lowest BCUT2D eigenvalue weighted by molar-refractivity contribution is 0.450. The minimum atomic E-state index is 0.784. The summed E-state index contributed by atoms with van der Waals surface area (Å²) in [7, 11) is 0. The third kappa shape index (κ3) is 1.37. The van der Waals surface area contributed by atoms with E-state index in [0.29, 0.717) is 0 Å². The average molecular weight is 210 g/mol. The maximum absolute atomic E-state index is 5.22. The summed E-state index contributed by atoms with van der Waals surface area (Å²) >= 11 is 0. The van der Waals surface area contributed by atoms with Crippen LogP contribution in [0.1, 0.15) is 5.69 Å². The molecule has 0 aliphatic carbocycles. The summed E-state index contributed by atoms with van der Waals surface area (Å²) in [5.74, 6) is 0. The monoisotopic (exact) mass is 210 g/mol. The molecule has 16 heavy (non-hydrogen) atoms. The molecule has 0 unspecified atom stereocenters. The molecule has 0 radical (unpaired) electrons. The van der Waals surface area contributed by atoms with Crippen molar-refractivity contribution in [2.24, 2.45) is 0 Å². The highest BCUT2D eigenvalue weighted by atomic mass is 16.5. The van der Waals surface area contributed by atoms with Crippen LogP contribution < -0.4 is 0 Å². The standard InChI is InChI=1S/C13H10N2O/c1-9-11-8-14-12(7-13(11)16-15-9)10-5-3-2-4-6-10/h2-8H,1H3. The molecule has 0 bridgehead atoms. The van der Waals surface area contributed by atoms with Crippen LogP contribution in [0, 0.1) is 6.92 Å². The van der Waals surface area contributed by atoms with E-state index in [1.807, 2.05) is 49.5 Å². The van der Waals surface area contributed by atoms with E-state index >= 15 is 0 Å². The van der Waals surface area contributed by atoms with Gasteiger partial charge in [-0.25, -0.2) is 0 Å². The molecule has 0 N–H and O–H groups in total. The van der Waals surface area contributed by atoms with Crippen LogP contribution in [0.5, 0.6) is 0 Å². The van der Waals surface area contributed by atoms with E-state index in [1.165, 1.54) is 0 Å². The number of rotatable bonds is 1. The van der Waals surface area contributed by atoms with Crippen LogP contribution in [0.2, 0.25) is 0 Å². The molecule has 3 rings (SSSR count). The van der Waals surface area contributed by atoms with Crippen molar-refractivity contribution in [3.63, 3.8) is 0 Å². The van der Waals surface area contributed by atoms with Crippen LogP contribution in [0.25, 0.3) is 22.2 Å². The second-order valence-corrected chi connectivity index (χ2v) is 3.70. The van der Waals surface area contributed by atoms with Gasteiger partial charge in [-0.2, -0.15) is 0 Å². The zero-order chi connectivity index (χ0) is 11.0. The number of fused-ring (bicyclic) bond motifs is 1. The van der Waals surface area contributed by atoms with Crippen molar-refractivity contribution in [1.82, 2.24) is 10.1 Å². The Hall–Kier alpha value is -2.16. The molecule has 0 aliphatic heterocycles. The maximum atomic E-state index is 5.22. The molecule has 1 aromatic carbocycles. The first-order chi connectivity index (χ1) is 7.84. The van der Waals surface area contributed by atoms with Crippen LogP contribution in [0.4, 0.5) is 0 Å². The molecular formula is C13H10N2O. The van der Waals surface area contributed by atoms with E-state index in [1.54, 1.807) is 0 Å². The molecule has 0 saturated heterocycles. The van der Waals surface area contributed by atoms with Crippen molar-refractivity contribution in [3.05, 3.63) is 48.3 Å². The van der Waals surface area contributed by atoms with Crippen LogP contribution in [0.3, 0.4) is 0 Å². The first-order valence-corrected chi connectivity index (χ1v) is 5.12. The highest BCUT2D eigenvalue weighted by molar-refractivity contribution is 5.81. The van der Waals surface area contributed by atoms with E-state index in [0.717, 1.165) is 27.9 Å². The van der Waals surface area contributed by atoms with Crippen molar-refractivity contribution < 1.29 is 4.52 Å². The zero-order valence-corrected chi connectivity index (χ0v) is 8.84. The Kier molecular flexibility index (Phi) is 1.96. The fourth-order valence-electron chi connectivity index (χ4n) is 1.72. The summed E-state index contributed by atoms with van der Waals surface area (Å²) in [5.41, 5.74) is 3.65. The van der Waals surface area contributed by atoms with E-state index in [4.69, 9.17) is 4.52 Å². The molecule has 0 spiro atoms. The third-order valence-corrected chi connectivity index (χ3v) is 2.61. The number of hydrogen-bond donors (Lipinski definition) is 0. The molecule has 2 heterocycles. The lowest BCUT2D eigenvalue weighted by atomic mass is 10.1. The van der Waals surface area contributed by atoms with Gasteiger partial charge in [-0.1, -0.05) is 35.5 Å². The van der Waals surface area contributed by atoms with Gasteiger partial charge in [-0.3, -0.25) is 4.98 Å². The SMILES string of the molecule is Cc1noc2cc(-c3ccccc3)ncc12. The van der Waals surface area contributed by atoms with E-state index < -0.39 is 0 Å². The van der Waals surface area contributed by atoms with Crippen LogP contribution >= 0.6 is 0 Å². The molecular weight excluding hydrogens is 200 g/mol. The van der Waals surface area contributed by atoms with Crippen LogP contribution in [-0.2, 0) is 0 Å². The summed E-state index contributed by atoms with van der Waals surface area (Å²) in [5, 5.41) is 4.89. The maximum Gasteiger partial charge on any atom is 0.170 e. The summed E-state index contributed by atoms with van der Waals surface area (Å²) in [6, 6.07) is 11.9. The van der Waals surface area contributed by atoms with Crippen molar-refractivity contribution in [2.75, 3.05) is 0 Å². The van der Waals surface area contributed by atoms with Crippen LogP contribution in [-0.4, -0.2) is 10.1 Å². The van der Waals surface area contributed by atoms with Gasteiger partial charge in [0.2, 0.25) is 0 Å². The predicted octanol–water partition coefficient (Wildman–Crippen LogP) is 3.20. The molecule has 0 atom stereocenters. The second-order valence-electron chi connectivity index (χ2n) is 3.70. The molecule has 78 valence electrons. The van der Waals surface area contributed by atoms with Crippen LogP contribution in [0.15, 0.2) is 47.1 Å². The average Bonchev–Trinajstić information content (AvgIpc) is 2.72. The summed E-state index contributed by atoms with van der Waals surface area (Å²) in [6.45, 7) is 1.91. The normalized spacial score (nSPS) is 10.8. The lowest BCUT2D eigenvalue weighted by Crippen LogP contribution is -1.82. The van der Waals surface area contributed by atoms with Crippen molar-refractivity contribution in [3.8, 4) is 11.3 Å². The van der Waals surface area contributed by atoms with Gasteiger partial charge in [0.15, 0.2) is 5.58 Å². The summed E-state index contributed by atoms with van der Waals surface area (Å²) < 4.78 is 5.22. The topological polar surface area (TPSA) is 38.9 Å². The smallest absolute Gasteiger partial charge is 0.170 e. The number of aromatic nitrogens is 2. The molecule has 3 nitrogen and oxygen atoms in total. The Bertz CT molecular complexity index is 629. The lowest BCUT2D eigenvalue weighted by Gasteiger charge is -1.98. The first-order valence-electron chi connectivity index (χ1n) is 5.12. The second kappa shape index (κ2) is 3.45. The summed E-state index contributed by atoms with van der Waals surface area (Å²) in [4.78, 5) is 4.41. The highest BCUT2D eigenvalue weighted by Gasteiger charge is 2.06. The van der Waals surface area contributed by atoms with Gasteiger partial charge in [0.1, 0.15) is 0 Å². The van der Waals surface area contributed by atoms with Gasteiger partial charge < -0.3 is 4.52 Å². The highest BCUT2D eigenvalue weighted by Crippen LogP contribution is 2.23. The van der Waals surface area contributed by atoms with Crippen molar-refractivity contribution in [2.45, 2.75) is 6.92 Å². The van der Waals surface area contributed by atoms with E-state index in [9.17, 15) is 0 Å². The first kappa shape index (κ1) is 9.09. The molecule has 0 fully saturated rings. The third-order valence-electron chi connectivity index (χ3n) is 2.61. The number of nitrogens with zero attached hydrogens (tertiary/aromatic N) is 2. The fraction of sp³-hybridized carbons (Fsp3) is 0.0769. The number of hydrogen-bond acceptors (Lipinski definition) is 3. The Morgan fingerprint density at radius 3 is 2.75 bits per heavy atom. The van der Waals surface area contributed by atoms with Crippen molar-refractivity contribution in [1.29, 1.82) is 0 Å². The number of aryl methyl sites for hydroxylation is 1. The quantitative estimate of drug-likeness (QED) is 0.619. The molecule has 2 aromatic heterocycles. The van der Waals surface area contributed by atoms with Gasteiger partial charge in [0.05, 0.1) is 16.8 Å². The molecule has 0 saturated carbocycles. The largest absolute Gasteiger partial charge is 0.356 e. The predicted molar refractivity (Wildman–Crippen MR) is 62.0 cm³/mol. The zero-order valence-electron chi connectivity index (χ0n) is 8.84. The van der Waals surface area contributed by atoms with Gasteiger partial charge in [-0.15, -0.1) is 0 Å². The Balaban J connectivity index is 2.19. The number of benzene rings is 1. The Morgan fingerprint density at radius 1 is 1.12 bits per heavy atom. The Morgan fingerprint density at radius 2 is 1.94 bits per heavy atom. The van der Waals surface area contributed by atoms with Gasteiger partial charge in [0.25, 0.3) is 0 Å². The van der Waals surface area contributed by atoms with Gasteiger partial charge in [-0.05, 0) is 6.92 Å². The molecule has 3 aromatic rings. The molecule has 3 heteroatoms. The van der Waals surface area contributed by atoms with Gasteiger partial charge in [0, 0.05) is 17.8 Å². The van der Waals surface area contributed by atoms with E-state index in [2.05, 4.69) is 10.1 Å². The minimum Gasteiger partial charge on any atom is -0.356 e. The molecule has 0 amide bonds. The fourth-order valence-corrected chi connectivity index (χ4v) is 1.72.